The molecule has 2 aromatic rings. The highest BCUT2D eigenvalue weighted by molar-refractivity contribution is 8.01. The summed E-state index contributed by atoms with van der Waals surface area (Å²) in [6, 6.07) is 14.9. The van der Waals surface area contributed by atoms with Crippen LogP contribution in [0, 0.1) is 0 Å². The zero-order valence-electron chi connectivity index (χ0n) is 12.9. The summed E-state index contributed by atoms with van der Waals surface area (Å²) in [4.78, 5) is 24.4. The smallest absolute Gasteiger partial charge is 0.237 e. The van der Waals surface area contributed by atoms with Crippen molar-refractivity contribution in [1.29, 1.82) is 0 Å². The number of fused-ring (bicyclic) bond motifs is 1. The van der Waals surface area contributed by atoms with E-state index >= 15 is 0 Å². The van der Waals surface area contributed by atoms with Gasteiger partial charge < -0.3 is 10.6 Å². The molecule has 1 aliphatic rings. The Hall–Kier alpha value is -1.98. The molecule has 1 atom stereocenters. The van der Waals surface area contributed by atoms with E-state index < -0.39 is 0 Å². The Balaban J connectivity index is 1.56. The second-order valence-electron chi connectivity index (χ2n) is 5.51. The first kappa shape index (κ1) is 16.9. The topological polar surface area (TPSA) is 58.2 Å². The number of aryl methyl sites for hydroxylation is 1. The van der Waals surface area contributed by atoms with E-state index in [2.05, 4.69) is 10.6 Å². The number of halogens is 1. The average Bonchev–Trinajstić information content (AvgIpc) is 2.73. The number of rotatable bonds is 4. The van der Waals surface area contributed by atoms with Crippen LogP contribution in [0.2, 0.25) is 5.02 Å². The maximum absolute atomic E-state index is 12.3. The third-order valence-corrected chi connectivity index (χ3v) is 5.42. The molecular weight excluding hydrogens is 344 g/mol. The highest BCUT2D eigenvalue weighted by Crippen LogP contribution is 2.27. The second-order valence-corrected chi connectivity index (χ2v) is 7.11. The summed E-state index contributed by atoms with van der Waals surface area (Å²) in [5.74, 6) is -0.00205. The van der Waals surface area contributed by atoms with Gasteiger partial charge >= 0.3 is 0 Å². The molecule has 4 nitrogen and oxygen atoms in total. The van der Waals surface area contributed by atoms with Crippen LogP contribution >= 0.6 is 23.4 Å². The molecule has 1 heterocycles. The van der Waals surface area contributed by atoms with Gasteiger partial charge in [-0.25, -0.2) is 0 Å². The number of thioether (sulfide) groups is 1. The Morgan fingerprint density at radius 2 is 1.96 bits per heavy atom. The monoisotopic (exact) mass is 360 g/mol. The minimum absolute atomic E-state index is 0.0458. The van der Waals surface area contributed by atoms with Crippen molar-refractivity contribution in [2.45, 2.75) is 18.1 Å². The molecule has 0 radical (unpaired) electrons. The Morgan fingerprint density at radius 3 is 2.79 bits per heavy atom. The van der Waals surface area contributed by atoms with E-state index in [9.17, 15) is 9.59 Å². The standard InChI is InChI=1S/C18H17ClN2O2S/c19-13-6-2-4-8-15(13)20-17(22)11-24-16-10-9-12-5-1-3-7-14(12)21-18(16)23/h1-8,16H,9-11H2,(H,20,22)(H,21,23). The largest absolute Gasteiger partial charge is 0.325 e. The van der Waals surface area contributed by atoms with Crippen molar-refractivity contribution >= 4 is 46.6 Å². The van der Waals surface area contributed by atoms with Gasteiger partial charge in [0, 0.05) is 5.69 Å². The lowest BCUT2D eigenvalue weighted by Gasteiger charge is -2.13. The minimum Gasteiger partial charge on any atom is -0.325 e. The number of amides is 2. The lowest BCUT2D eigenvalue weighted by molar-refractivity contribution is -0.115. The van der Waals surface area contributed by atoms with Crippen LogP contribution in [0.25, 0.3) is 0 Å². The molecule has 0 saturated heterocycles. The zero-order chi connectivity index (χ0) is 16.9. The van der Waals surface area contributed by atoms with Gasteiger partial charge in [0.05, 0.1) is 21.7 Å². The van der Waals surface area contributed by atoms with Crippen molar-refractivity contribution in [2.75, 3.05) is 16.4 Å². The summed E-state index contributed by atoms with van der Waals surface area (Å²) < 4.78 is 0. The van der Waals surface area contributed by atoms with Gasteiger partial charge in [-0.2, -0.15) is 0 Å². The fourth-order valence-electron chi connectivity index (χ4n) is 2.58. The van der Waals surface area contributed by atoms with Gasteiger partial charge in [0.15, 0.2) is 0 Å². The fraction of sp³-hybridized carbons (Fsp3) is 0.222. The Bertz CT molecular complexity index is 766. The molecule has 2 aromatic carbocycles. The molecule has 0 fully saturated rings. The second kappa shape index (κ2) is 7.73. The molecule has 124 valence electrons. The number of carbonyl (C=O) groups excluding carboxylic acids is 2. The van der Waals surface area contributed by atoms with Crippen LogP contribution in [0.4, 0.5) is 11.4 Å². The van der Waals surface area contributed by atoms with Crippen molar-refractivity contribution in [3.05, 3.63) is 59.1 Å². The summed E-state index contributed by atoms with van der Waals surface area (Å²) in [6.07, 6.45) is 1.53. The van der Waals surface area contributed by atoms with E-state index in [0.717, 1.165) is 17.7 Å². The molecule has 0 bridgehead atoms. The summed E-state index contributed by atoms with van der Waals surface area (Å²) in [5.41, 5.74) is 2.59. The van der Waals surface area contributed by atoms with Crippen LogP contribution in [0.15, 0.2) is 48.5 Å². The van der Waals surface area contributed by atoms with E-state index in [0.29, 0.717) is 17.1 Å². The number of para-hydroxylation sites is 2. The van der Waals surface area contributed by atoms with E-state index in [4.69, 9.17) is 11.6 Å². The maximum atomic E-state index is 12.3. The van der Waals surface area contributed by atoms with Crippen molar-refractivity contribution in [3.8, 4) is 0 Å². The lowest BCUT2D eigenvalue weighted by atomic mass is 10.1. The highest BCUT2D eigenvalue weighted by atomic mass is 35.5. The van der Waals surface area contributed by atoms with E-state index in [-0.39, 0.29) is 22.8 Å². The molecule has 1 unspecified atom stereocenters. The third-order valence-electron chi connectivity index (χ3n) is 3.81. The number of benzene rings is 2. The van der Waals surface area contributed by atoms with Gasteiger partial charge in [-0.3, -0.25) is 9.59 Å². The van der Waals surface area contributed by atoms with Crippen molar-refractivity contribution in [2.24, 2.45) is 0 Å². The molecule has 1 aliphatic heterocycles. The number of hydrogen-bond acceptors (Lipinski definition) is 3. The Labute approximate surface area is 150 Å². The first-order valence-electron chi connectivity index (χ1n) is 7.68. The first-order chi connectivity index (χ1) is 11.6. The summed E-state index contributed by atoms with van der Waals surface area (Å²) in [6.45, 7) is 0. The van der Waals surface area contributed by atoms with Gasteiger partial charge in [-0.05, 0) is 36.6 Å². The zero-order valence-corrected chi connectivity index (χ0v) is 14.5. The maximum Gasteiger partial charge on any atom is 0.237 e. The van der Waals surface area contributed by atoms with Crippen molar-refractivity contribution < 1.29 is 9.59 Å². The van der Waals surface area contributed by atoms with Crippen LogP contribution in [0.3, 0.4) is 0 Å². The molecule has 2 amide bonds. The van der Waals surface area contributed by atoms with E-state index in [1.165, 1.54) is 11.8 Å². The number of carbonyl (C=O) groups is 2. The number of anilines is 2. The molecule has 2 N–H and O–H groups in total. The Morgan fingerprint density at radius 1 is 1.21 bits per heavy atom. The Kier molecular flexibility index (Phi) is 5.43. The van der Waals surface area contributed by atoms with E-state index in [1.54, 1.807) is 18.2 Å². The number of nitrogens with one attached hydrogen (secondary N) is 2. The summed E-state index contributed by atoms with van der Waals surface area (Å²) in [5, 5.41) is 5.97. The molecule has 0 saturated carbocycles. The quantitative estimate of drug-likeness (QED) is 0.867. The first-order valence-corrected chi connectivity index (χ1v) is 9.11. The molecule has 24 heavy (non-hydrogen) atoms. The molecular formula is C18H17ClN2O2S. The van der Waals surface area contributed by atoms with Crippen LogP contribution < -0.4 is 10.6 Å². The SMILES string of the molecule is O=C(CSC1CCc2ccccc2NC1=O)Nc1ccccc1Cl. The van der Waals surface area contributed by atoms with E-state index in [1.807, 2.05) is 30.3 Å². The highest BCUT2D eigenvalue weighted by Gasteiger charge is 2.24. The normalized spacial score (nSPS) is 16.7. The van der Waals surface area contributed by atoms with Crippen LogP contribution in [0.1, 0.15) is 12.0 Å². The molecule has 0 aromatic heterocycles. The number of hydrogen-bond donors (Lipinski definition) is 2. The lowest BCUT2D eigenvalue weighted by Crippen LogP contribution is -2.26. The predicted molar refractivity (Wildman–Crippen MR) is 99.7 cm³/mol. The molecule has 6 heteroatoms. The molecule has 0 aliphatic carbocycles. The third kappa shape index (κ3) is 4.10. The average molecular weight is 361 g/mol. The summed E-state index contributed by atoms with van der Waals surface area (Å²) in [7, 11) is 0. The molecule has 0 spiro atoms. The predicted octanol–water partition coefficient (Wildman–Crippen LogP) is 3.97. The van der Waals surface area contributed by atoms with Crippen molar-refractivity contribution in [1.82, 2.24) is 0 Å². The van der Waals surface area contributed by atoms with Crippen LogP contribution in [0.5, 0.6) is 0 Å². The van der Waals surface area contributed by atoms with Gasteiger partial charge in [-0.15, -0.1) is 11.8 Å². The van der Waals surface area contributed by atoms with Crippen LogP contribution in [-0.4, -0.2) is 22.8 Å². The fourth-order valence-corrected chi connectivity index (χ4v) is 3.68. The van der Waals surface area contributed by atoms with Gasteiger partial charge in [0.25, 0.3) is 0 Å². The van der Waals surface area contributed by atoms with Crippen molar-refractivity contribution in [3.63, 3.8) is 0 Å². The van der Waals surface area contributed by atoms with Gasteiger partial charge in [0.2, 0.25) is 11.8 Å². The summed E-state index contributed by atoms with van der Waals surface area (Å²) >= 11 is 7.38. The van der Waals surface area contributed by atoms with Crippen LogP contribution in [-0.2, 0) is 16.0 Å². The van der Waals surface area contributed by atoms with Gasteiger partial charge in [-0.1, -0.05) is 41.9 Å². The van der Waals surface area contributed by atoms with Gasteiger partial charge in [0.1, 0.15) is 0 Å². The molecule has 3 rings (SSSR count). The minimum atomic E-state index is -0.241.